The highest BCUT2D eigenvalue weighted by Crippen LogP contribution is 2.18. The first-order chi connectivity index (χ1) is 13.1. The second-order valence-corrected chi connectivity index (χ2v) is 6.59. The third-order valence-electron chi connectivity index (χ3n) is 4.64. The lowest BCUT2D eigenvalue weighted by Crippen LogP contribution is -2.47. The van der Waals surface area contributed by atoms with Gasteiger partial charge in [-0.15, -0.1) is 10.2 Å². The minimum atomic E-state index is -0.305. The summed E-state index contributed by atoms with van der Waals surface area (Å²) in [4.78, 5) is 31.4. The molecule has 1 aliphatic rings. The van der Waals surface area contributed by atoms with Gasteiger partial charge in [0, 0.05) is 44.6 Å². The fourth-order valence-corrected chi connectivity index (χ4v) is 2.97. The van der Waals surface area contributed by atoms with E-state index in [0.717, 1.165) is 37.5 Å². The monoisotopic (exact) mass is 371 g/mol. The highest BCUT2D eigenvalue weighted by atomic mass is 16.5. The van der Waals surface area contributed by atoms with E-state index in [1.807, 2.05) is 43.1 Å². The van der Waals surface area contributed by atoms with Crippen LogP contribution in [0, 0.1) is 0 Å². The Morgan fingerprint density at radius 3 is 2.48 bits per heavy atom. The van der Waals surface area contributed by atoms with Gasteiger partial charge in [-0.25, -0.2) is 0 Å². The number of ether oxygens (including phenoxy) is 1. The lowest BCUT2D eigenvalue weighted by Gasteiger charge is -2.32. The number of nitrogens with one attached hydrogen (secondary N) is 1. The van der Waals surface area contributed by atoms with Crippen molar-refractivity contribution in [3.63, 3.8) is 0 Å². The van der Waals surface area contributed by atoms with Crippen molar-refractivity contribution < 1.29 is 9.53 Å². The summed E-state index contributed by atoms with van der Waals surface area (Å²) in [6, 6.07) is 7.28. The molecular formula is C19H25N5O3. The van der Waals surface area contributed by atoms with Gasteiger partial charge in [0.25, 0.3) is 5.56 Å². The topological polar surface area (TPSA) is 91.4 Å². The van der Waals surface area contributed by atoms with Crippen LogP contribution < -0.4 is 10.3 Å². The van der Waals surface area contributed by atoms with E-state index in [1.165, 1.54) is 0 Å². The third-order valence-corrected chi connectivity index (χ3v) is 4.64. The van der Waals surface area contributed by atoms with Crippen LogP contribution in [0.1, 0.15) is 19.0 Å². The zero-order valence-electron chi connectivity index (χ0n) is 15.8. The first-order valence-electron chi connectivity index (χ1n) is 9.22. The molecule has 0 bridgehead atoms. The smallest absolute Gasteiger partial charge is 0.273 e. The predicted molar refractivity (Wildman–Crippen MR) is 102 cm³/mol. The molecule has 1 amide bonds. The van der Waals surface area contributed by atoms with Gasteiger partial charge in [0.1, 0.15) is 11.4 Å². The Hall–Kier alpha value is -2.74. The SMILES string of the molecule is CCOc1ccc(-c2nnc(CCC(=O)N3CCN(C)CC3)c(=O)[nH]2)cc1. The van der Waals surface area contributed by atoms with Gasteiger partial charge in [0.05, 0.1) is 6.61 Å². The van der Waals surface area contributed by atoms with Crippen molar-refractivity contribution in [2.45, 2.75) is 19.8 Å². The lowest BCUT2D eigenvalue weighted by atomic mass is 10.2. The number of hydrogen-bond acceptors (Lipinski definition) is 6. The van der Waals surface area contributed by atoms with E-state index in [4.69, 9.17) is 4.74 Å². The quantitative estimate of drug-likeness (QED) is 0.813. The molecular weight excluding hydrogens is 346 g/mol. The van der Waals surface area contributed by atoms with Crippen LogP contribution in [0.5, 0.6) is 5.75 Å². The summed E-state index contributed by atoms with van der Waals surface area (Å²) in [5.74, 6) is 1.22. The summed E-state index contributed by atoms with van der Waals surface area (Å²) in [5.41, 5.74) is 0.732. The molecule has 1 aromatic heterocycles. The summed E-state index contributed by atoms with van der Waals surface area (Å²) >= 11 is 0. The van der Waals surface area contributed by atoms with E-state index in [9.17, 15) is 9.59 Å². The Balaban J connectivity index is 1.61. The molecule has 0 aliphatic carbocycles. The Morgan fingerprint density at radius 2 is 1.85 bits per heavy atom. The normalized spacial score (nSPS) is 15.0. The first-order valence-corrected chi connectivity index (χ1v) is 9.22. The van der Waals surface area contributed by atoms with Crippen molar-refractivity contribution in [2.75, 3.05) is 39.8 Å². The summed E-state index contributed by atoms with van der Waals surface area (Å²) < 4.78 is 5.40. The number of carbonyl (C=O) groups is 1. The van der Waals surface area contributed by atoms with E-state index in [-0.39, 0.29) is 30.0 Å². The van der Waals surface area contributed by atoms with E-state index < -0.39 is 0 Å². The number of likely N-dealkylation sites (N-methyl/N-ethyl adjacent to an activating group) is 1. The number of amides is 1. The largest absolute Gasteiger partial charge is 0.494 e. The molecule has 0 saturated carbocycles. The van der Waals surface area contributed by atoms with Crippen molar-refractivity contribution in [1.29, 1.82) is 0 Å². The predicted octanol–water partition coefficient (Wildman–Crippen LogP) is 0.937. The molecule has 3 rings (SSSR count). The molecule has 0 radical (unpaired) electrons. The van der Waals surface area contributed by atoms with Crippen molar-refractivity contribution in [3.8, 4) is 17.1 Å². The van der Waals surface area contributed by atoms with Gasteiger partial charge >= 0.3 is 0 Å². The Kier molecular flexibility index (Phi) is 6.18. The van der Waals surface area contributed by atoms with Crippen LogP contribution in [0.25, 0.3) is 11.4 Å². The van der Waals surface area contributed by atoms with Gasteiger partial charge in [-0.05, 0) is 38.2 Å². The minimum absolute atomic E-state index is 0.0555. The van der Waals surface area contributed by atoms with Crippen LogP contribution in [0.15, 0.2) is 29.1 Å². The Bertz CT molecular complexity index is 826. The van der Waals surface area contributed by atoms with Gasteiger partial charge in [0.15, 0.2) is 5.82 Å². The van der Waals surface area contributed by atoms with Gasteiger partial charge in [-0.1, -0.05) is 0 Å². The maximum absolute atomic E-state index is 12.3. The maximum Gasteiger partial charge on any atom is 0.273 e. The number of H-pyrrole nitrogens is 1. The molecule has 1 aromatic carbocycles. The Morgan fingerprint density at radius 1 is 1.15 bits per heavy atom. The van der Waals surface area contributed by atoms with Gasteiger partial charge in [-0.2, -0.15) is 0 Å². The summed E-state index contributed by atoms with van der Waals surface area (Å²) in [6.07, 6.45) is 0.556. The number of aryl methyl sites for hydroxylation is 1. The van der Waals surface area contributed by atoms with Crippen LogP contribution in [0.2, 0.25) is 0 Å². The van der Waals surface area contributed by atoms with Crippen LogP contribution in [-0.4, -0.2) is 70.7 Å². The number of hydrogen-bond donors (Lipinski definition) is 1. The first kappa shape index (κ1) is 19.0. The van der Waals surface area contributed by atoms with E-state index in [0.29, 0.717) is 12.4 Å². The summed E-state index contributed by atoms with van der Waals surface area (Å²) in [5, 5.41) is 8.15. The van der Waals surface area contributed by atoms with Crippen molar-refractivity contribution in [1.82, 2.24) is 25.0 Å². The summed E-state index contributed by atoms with van der Waals surface area (Å²) in [6.45, 7) is 5.73. The van der Waals surface area contributed by atoms with Gasteiger partial charge < -0.3 is 19.5 Å². The molecule has 1 saturated heterocycles. The lowest BCUT2D eigenvalue weighted by molar-refractivity contribution is -0.132. The van der Waals surface area contributed by atoms with Crippen LogP contribution in [0.3, 0.4) is 0 Å². The molecule has 0 unspecified atom stereocenters. The van der Waals surface area contributed by atoms with Gasteiger partial charge in [-0.3, -0.25) is 9.59 Å². The van der Waals surface area contributed by atoms with E-state index in [1.54, 1.807) is 0 Å². The number of carbonyl (C=O) groups excluding carboxylic acids is 1. The molecule has 1 aliphatic heterocycles. The standard InChI is InChI=1S/C19H25N5O3/c1-3-27-15-6-4-14(5-7-15)18-20-19(26)16(21-22-18)8-9-17(25)24-12-10-23(2)11-13-24/h4-7H,3,8-13H2,1-2H3,(H,20,22,26). The molecule has 2 heterocycles. The summed E-state index contributed by atoms with van der Waals surface area (Å²) in [7, 11) is 2.04. The zero-order valence-corrected chi connectivity index (χ0v) is 15.8. The molecule has 0 spiro atoms. The highest BCUT2D eigenvalue weighted by Gasteiger charge is 2.19. The Labute approximate surface area is 158 Å². The van der Waals surface area contributed by atoms with Crippen LogP contribution in [-0.2, 0) is 11.2 Å². The molecule has 144 valence electrons. The van der Waals surface area contributed by atoms with E-state index in [2.05, 4.69) is 20.1 Å². The second kappa shape index (κ2) is 8.77. The zero-order chi connectivity index (χ0) is 19.2. The number of benzene rings is 1. The molecule has 1 N–H and O–H groups in total. The fraction of sp³-hybridized carbons (Fsp3) is 0.474. The molecule has 0 atom stereocenters. The van der Waals surface area contributed by atoms with Crippen molar-refractivity contribution in [2.24, 2.45) is 0 Å². The molecule has 1 fully saturated rings. The highest BCUT2D eigenvalue weighted by molar-refractivity contribution is 5.76. The van der Waals surface area contributed by atoms with Crippen LogP contribution in [0.4, 0.5) is 0 Å². The van der Waals surface area contributed by atoms with Crippen LogP contribution >= 0.6 is 0 Å². The molecule has 2 aromatic rings. The third kappa shape index (κ3) is 4.91. The second-order valence-electron chi connectivity index (χ2n) is 6.59. The molecule has 8 heteroatoms. The number of rotatable bonds is 6. The molecule has 8 nitrogen and oxygen atoms in total. The minimum Gasteiger partial charge on any atom is -0.494 e. The van der Waals surface area contributed by atoms with E-state index >= 15 is 0 Å². The average Bonchev–Trinajstić information content (AvgIpc) is 2.68. The number of aromatic nitrogens is 3. The number of aromatic amines is 1. The maximum atomic E-state index is 12.3. The number of nitrogens with zero attached hydrogens (tertiary/aromatic N) is 4. The average molecular weight is 371 g/mol. The number of piperazine rings is 1. The van der Waals surface area contributed by atoms with Gasteiger partial charge in [0.2, 0.25) is 5.91 Å². The fourth-order valence-electron chi connectivity index (χ4n) is 2.97. The molecule has 27 heavy (non-hydrogen) atoms. The van der Waals surface area contributed by atoms with Crippen molar-refractivity contribution >= 4 is 5.91 Å². The van der Waals surface area contributed by atoms with Crippen molar-refractivity contribution in [3.05, 3.63) is 40.3 Å².